The van der Waals surface area contributed by atoms with Gasteiger partial charge in [0.25, 0.3) is 11.1 Å². The van der Waals surface area contributed by atoms with Gasteiger partial charge in [0.05, 0.1) is 28.3 Å². The Morgan fingerprint density at radius 3 is 2.56 bits per heavy atom. The van der Waals surface area contributed by atoms with Crippen LogP contribution in [-0.2, 0) is 6.42 Å². The molecule has 0 aliphatic rings. The summed E-state index contributed by atoms with van der Waals surface area (Å²) >= 11 is 1.44. The standard InChI is InChI=1S/C18H14N4O4S/c1-7-8(2)27-17-14(7)16(24)21-13(22-17)6-12-19-11-5-9(18(25)26)3-4-10(11)15(23)20-12/h3-5H,6H2,1-2H3,(H,25,26)(H,19,20,23)(H,21,22,24). The number of hydrogen-bond donors (Lipinski definition) is 3. The van der Waals surface area contributed by atoms with E-state index in [9.17, 15) is 14.4 Å². The van der Waals surface area contributed by atoms with Crippen LogP contribution in [0.5, 0.6) is 0 Å². The fraction of sp³-hybridized carbons (Fsp3) is 0.167. The molecule has 0 saturated heterocycles. The quantitative estimate of drug-likeness (QED) is 0.498. The first-order valence-corrected chi connectivity index (χ1v) is 8.90. The van der Waals surface area contributed by atoms with Gasteiger partial charge in [0.2, 0.25) is 0 Å². The largest absolute Gasteiger partial charge is 0.478 e. The number of carboxylic acids is 1. The van der Waals surface area contributed by atoms with E-state index in [1.165, 1.54) is 29.5 Å². The number of nitrogens with one attached hydrogen (secondary N) is 2. The Morgan fingerprint density at radius 2 is 1.81 bits per heavy atom. The van der Waals surface area contributed by atoms with Crippen molar-refractivity contribution in [3.05, 3.63) is 66.6 Å². The summed E-state index contributed by atoms with van der Waals surface area (Å²) in [5.74, 6) is -0.423. The fourth-order valence-corrected chi connectivity index (χ4v) is 4.00. The summed E-state index contributed by atoms with van der Waals surface area (Å²) in [5, 5.41) is 9.98. The lowest BCUT2D eigenvalue weighted by Gasteiger charge is -2.04. The van der Waals surface area contributed by atoms with E-state index in [1.54, 1.807) is 0 Å². The van der Waals surface area contributed by atoms with E-state index in [-0.39, 0.29) is 28.6 Å². The molecule has 136 valence electrons. The molecule has 0 unspecified atom stereocenters. The second-order valence-corrected chi connectivity index (χ2v) is 7.41. The van der Waals surface area contributed by atoms with Crippen LogP contribution in [0.25, 0.3) is 21.1 Å². The van der Waals surface area contributed by atoms with Crippen molar-refractivity contribution in [2.24, 2.45) is 0 Å². The maximum absolute atomic E-state index is 12.4. The molecule has 0 bridgehead atoms. The number of thiophene rings is 1. The number of aromatic carboxylic acids is 1. The number of rotatable bonds is 3. The lowest BCUT2D eigenvalue weighted by atomic mass is 10.1. The predicted octanol–water partition coefficient (Wildman–Crippen LogP) is 2.13. The van der Waals surface area contributed by atoms with E-state index in [0.717, 1.165) is 10.4 Å². The number of H-pyrrole nitrogens is 2. The first kappa shape index (κ1) is 17.1. The zero-order chi connectivity index (χ0) is 19.3. The molecule has 8 nitrogen and oxygen atoms in total. The Kier molecular flexibility index (Phi) is 3.88. The average molecular weight is 382 g/mol. The van der Waals surface area contributed by atoms with Gasteiger partial charge in [-0.3, -0.25) is 9.59 Å². The number of benzene rings is 1. The highest BCUT2D eigenvalue weighted by Crippen LogP contribution is 2.25. The second kappa shape index (κ2) is 6.13. The van der Waals surface area contributed by atoms with Gasteiger partial charge in [-0.05, 0) is 37.6 Å². The maximum atomic E-state index is 12.4. The highest BCUT2D eigenvalue weighted by atomic mass is 32.1. The Balaban J connectivity index is 1.81. The molecular weight excluding hydrogens is 368 g/mol. The van der Waals surface area contributed by atoms with Crippen LogP contribution in [0.15, 0.2) is 27.8 Å². The van der Waals surface area contributed by atoms with Gasteiger partial charge in [0.15, 0.2) is 0 Å². The molecule has 9 heteroatoms. The summed E-state index contributed by atoms with van der Waals surface area (Å²) in [7, 11) is 0. The molecule has 0 aliphatic carbocycles. The van der Waals surface area contributed by atoms with E-state index in [4.69, 9.17) is 5.11 Å². The Labute approximate surface area is 155 Å². The molecule has 1 aromatic carbocycles. The van der Waals surface area contributed by atoms with Gasteiger partial charge in [-0.1, -0.05) is 0 Å². The van der Waals surface area contributed by atoms with Crippen LogP contribution in [0.4, 0.5) is 0 Å². The third-order valence-electron chi connectivity index (χ3n) is 4.43. The molecule has 0 atom stereocenters. The zero-order valence-corrected chi connectivity index (χ0v) is 15.2. The number of carbonyl (C=O) groups is 1. The van der Waals surface area contributed by atoms with Crippen LogP contribution >= 0.6 is 11.3 Å². The summed E-state index contributed by atoms with van der Waals surface area (Å²) in [4.78, 5) is 51.6. The molecule has 27 heavy (non-hydrogen) atoms. The second-order valence-electron chi connectivity index (χ2n) is 6.20. The number of aromatic amines is 2. The molecule has 3 heterocycles. The van der Waals surface area contributed by atoms with Crippen molar-refractivity contribution >= 4 is 38.4 Å². The molecule has 0 spiro atoms. The minimum absolute atomic E-state index is 0.0454. The van der Waals surface area contributed by atoms with Crippen LogP contribution in [0.1, 0.15) is 32.4 Å². The number of aryl methyl sites for hydroxylation is 2. The van der Waals surface area contributed by atoms with Crippen molar-refractivity contribution in [1.82, 2.24) is 19.9 Å². The SMILES string of the molecule is Cc1sc2nc(Cc3nc4cc(C(=O)O)ccc4c(=O)[nH]3)[nH]c(=O)c2c1C. The number of nitrogens with zero attached hydrogens (tertiary/aromatic N) is 2. The van der Waals surface area contributed by atoms with Crippen LogP contribution in [0, 0.1) is 13.8 Å². The van der Waals surface area contributed by atoms with E-state index < -0.39 is 5.97 Å². The molecule has 0 amide bonds. The first-order valence-electron chi connectivity index (χ1n) is 8.08. The highest BCUT2D eigenvalue weighted by molar-refractivity contribution is 7.18. The maximum Gasteiger partial charge on any atom is 0.335 e. The van der Waals surface area contributed by atoms with Crippen molar-refractivity contribution in [3.63, 3.8) is 0 Å². The van der Waals surface area contributed by atoms with Crippen LogP contribution in [0.2, 0.25) is 0 Å². The molecule has 3 aromatic heterocycles. The Morgan fingerprint density at radius 1 is 1.11 bits per heavy atom. The molecule has 0 saturated carbocycles. The van der Waals surface area contributed by atoms with Gasteiger partial charge < -0.3 is 15.1 Å². The van der Waals surface area contributed by atoms with Gasteiger partial charge in [-0.2, -0.15) is 0 Å². The van der Waals surface area contributed by atoms with Gasteiger partial charge in [0.1, 0.15) is 16.5 Å². The van der Waals surface area contributed by atoms with E-state index >= 15 is 0 Å². The van der Waals surface area contributed by atoms with Crippen molar-refractivity contribution in [2.45, 2.75) is 20.3 Å². The fourth-order valence-electron chi connectivity index (χ4n) is 2.95. The minimum atomic E-state index is -1.10. The first-order chi connectivity index (χ1) is 12.8. The Bertz CT molecular complexity index is 1350. The zero-order valence-electron chi connectivity index (χ0n) is 14.4. The highest BCUT2D eigenvalue weighted by Gasteiger charge is 2.14. The molecule has 0 fully saturated rings. The summed E-state index contributed by atoms with van der Waals surface area (Å²) in [6.07, 6.45) is 0.115. The van der Waals surface area contributed by atoms with Crippen LogP contribution in [-0.4, -0.2) is 31.0 Å². The third kappa shape index (κ3) is 2.91. The number of hydrogen-bond acceptors (Lipinski definition) is 6. The minimum Gasteiger partial charge on any atom is -0.478 e. The lowest BCUT2D eigenvalue weighted by molar-refractivity contribution is 0.0697. The van der Waals surface area contributed by atoms with Gasteiger partial charge in [-0.15, -0.1) is 11.3 Å². The molecule has 0 radical (unpaired) electrons. The van der Waals surface area contributed by atoms with Crippen molar-refractivity contribution in [1.29, 1.82) is 0 Å². The molecule has 3 N–H and O–H groups in total. The Hall–Kier alpha value is -3.33. The van der Waals surface area contributed by atoms with Crippen molar-refractivity contribution in [3.8, 4) is 0 Å². The summed E-state index contributed by atoms with van der Waals surface area (Å²) in [5.41, 5.74) is 0.629. The average Bonchev–Trinajstić information content (AvgIpc) is 2.88. The van der Waals surface area contributed by atoms with Crippen molar-refractivity contribution in [2.75, 3.05) is 0 Å². The molecule has 4 rings (SSSR count). The number of carboxylic acid groups (broad SMARTS) is 1. The van der Waals surface area contributed by atoms with Crippen molar-refractivity contribution < 1.29 is 9.90 Å². The third-order valence-corrected chi connectivity index (χ3v) is 5.53. The van der Waals surface area contributed by atoms with E-state index in [1.807, 2.05) is 13.8 Å². The van der Waals surface area contributed by atoms with E-state index in [2.05, 4.69) is 19.9 Å². The molecular formula is C18H14N4O4S. The molecule has 0 aliphatic heterocycles. The lowest BCUT2D eigenvalue weighted by Crippen LogP contribution is -2.16. The summed E-state index contributed by atoms with van der Waals surface area (Å²) in [6, 6.07) is 4.13. The predicted molar refractivity (Wildman–Crippen MR) is 102 cm³/mol. The topological polar surface area (TPSA) is 129 Å². The van der Waals surface area contributed by atoms with E-state index in [0.29, 0.717) is 27.3 Å². The van der Waals surface area contributed by atoms with Crippen LogP contribution in [0.3, 0.4) is 0 Å². The number of fused-ring (bicyclic) bond motifs is 2. The van der Waals surface area contributed by atoms with Gasteiger partial charge >= 0.3 is 5.97 Å². The van der Waals surface area contributed by atoms with Crippen LogP contribution < -0.4 is 11.1 Å². The smallest absolute Gasteiger partial charge is 0.335 e. The normalized spacial score (nSPS) is 11.3. The van der Waals surface area contributed by atoms with Gasteiger partial charge in [0, 0.05) is 4.88 Å². The summed E-state index contributed by atoms with van der Waals surface area (Å²) < 4.78 is 0. The summed E-state index contributed by atoms with van der Waals surface area (Å²) in [6.45, 7) is 3.82. The number of aromatic nitrogens is 4. The monoisotopic (exact) mass is 382 g/mol. The molecule has 4 aromatic rings. The van der Waals surface area contributed by atoms with Gasteiger partial charge in [-0.25, -0.2) is 14.8 Å².